The third-order valence-electron chi connectivity index (χ3n) is 2.95. The van der Waals surface area contributed by atoms with Crippen LogP contribution in [0.15, 0.2) is 29.7 Å². The Balaban J connectivity index is 0.00000484. The third-order valence-corrected chi connectivity index (χ3v) is 2.95. The van der Waals surface area contributed by atoms with Crippen molar-refractivity contribution in [2.45, 2.75) is 19.4 Å². The molecule has 1 aromatic heterocycles. The Morgan fingerprint density at radius 3 is 2.83 bits per heavy atom. The topological polar surface area (TPSA) is 115 Å². The van der Waals surface area contributed by atoms with Gasteiger partial charge in [0, 0.05) is 12.7 Å². The number of hydrogen-bond donors (Lipinski definition) is 2. The number of hydrogen-bond acceptors (Lipinski definition) is 5. The van der Waals surface area contributed by atoms with E-state index in [0.717, 1.165) is 18.5 Å². The smallest absolute Gasteiger partial charge is 0.661 e. The molecule has 0 spiro atoms. The van der Waals surface area contributed by atoms with Gasteiger partial charge in [-0.3, -0.25) is 14.8 Å². The zero-order chi connectivity index (χ0) is 16.0. The average Bonchev–Trinajstić information content (AvgIpc) is 2.56. The summed E-state index contributed by atoms with van der Waals surface area (Å²) in [7, 11) is 0. The number of pyridine rings is 1. The maximum Gasteiger partial charge on any atom is 1.00 e. The SMILES string of the molecule is NCC(=O)NCC[N-]CCCCN(Cc1ccccn1)N=O.[K+]. The molecule has 0 radical (unpaired) electrons. The quantitative estimate of drug-likeness (QED) is 0.193. The number of unbranched alkanes of at least 4 members (excludes halogenated alkanes) is 1. The molecule has 0 aliphatic carbocycles. The largest absolute Gasteiger partial charge is 1.00 e. The van der Waals surface area contributed by atoms with Crippen LogP contribution in [0.2, 0.25) is 0 Å². The van der Waals surface area contributed by atoms with Crippen LogP contribution in [0.5, 0.6) is 0 Å². The Hall–Kier alpha value is -0.424. The van der Waals surface area contributed by atoms with Crippen molar-refractivity contribution in [3.8, 4) is 0 Å². The van der Waals surface area contributed by atoms with E-state index in [1.807, 2.05) is 18.2 Å². The Morgan fingerprint density at radius 1 is 1.35 bits per heavy atom. The maximum atomic E-state index is 10.9. The van der Waals surface area contributed by atoms with Crippen LogP contribution in [0, 0.1) is 4.91 Å². The zero-order valence-electron chi connectivity index (χ0n) is 13.6. The molecule has 8 nitrogen and oxygen atoms in total. The van der Waals surface area contributed by atoms with Crippen LogP contribution in [0.3, 0.4) is 0 Å². The number of amides is 1. The van der Waals surface area contributed by atoms with Crippen LogP contribution in [-0.4, -0.2) is 48.6 Å². The summed E-state index contributed by atoms with van der Waals surface area (Å²) >= 11 is 0. The fraction of sp³-hybridized carbons (Fsp3) is 0.571. The molecular weight excluding hydrogens is 323 g/mol. The molecule has 0 unspecified atom stereocenters. The van der Waals surface area contributed by atoms with Gasteiger partial charge in [0.1, 0.15) is 0 Å². The second-order valence-corrected chi connectivity index (χ2v) is 4.72. The summed E-state index contributed by atoms with van der Waals surface area (Å²) in [5, 5.41) is 11.4. The molecule has 1 aromatic rings. The van der Waals surface area contributed by atoms with Crippen LogP contribution in [0.25, 0.3) is 5.32 Å². The minimum absolute atomic E-state index is 0. The van der Waals surface area contributed by atoms with Crippen LogP contribution in [0.4, 0.5) is 0 Å². The number of carbonyl (C=O) groups excluding carboxylic acids is 1. The third kappa shape index (κ3) is 11.7. The van der Waals surface area contributed by atoms with Crippen molar-refractivity contribution in [2.75, 3.05) is 32.7 Å². The molecule has 0 atom stereocenters. The minimum atomic E-state index is -0.169. The van der Waals surface area contributed by atoms with Crippen LogP contribution in [0.1, 0.15) is 18.5 Å². The molecule has 0 aliphatic rings. The molecule has 1 heterocycles. The van der Waals surface area contributed by atoms with Gasteiger partial charge in [-0.25, -0.2) is 0 Å². The number of nitroso groups, excluding NO2 is 1. The second kappa shape index (κ2) is 15.1. The standard InChI is InChI=1S/C14H23N6O2.K/c15-11-14(21)18-9-8-16-6-3-4-10-20(19-22)12-13-5-1-2-7-17-13;/h1-2,5,7H,3-4,6,8-12,15H2,(H,18,21);/q-1;+1. The first-order valence-corrected chi connectivity index (χ1v) is 7.34. The van der Waals surface area contributed by atoms with Crippen molar-refractivity contribution in [3.05, 3.63) is 40.3 Å². The van der Waals surface area contributed by atoms with Gasteiger partial charge in [-0.2, -0.15) is 0 Å². The second-order valence-electron chi connectivity index (χ2n) is 4.72. The molecule has 0 aromatic carbocycles. The first kappa shape index (κ1) is 22.6. The van der Waals surface area contributed by atoms with E-state index in [9.17, 15) is 9.70 Å². The molecule has 0 bridgehead atoms. The molecular formula is C14H23KN6O2. The Bertz CT molecular complexity index is 435. The van der Waals surface area contributed by atoms with Crippen LogP contribution in [-0.2, 0) is 11.3 Å². The fourth-order valence-electron chi connectivity index (χ4n) is 1.80. The molecule has 0 fully saturated rings. The normalized spacial score (nSPS) is 9.78. The maximum absolute atomic E-state index is 10.9. The van der Waals surface area contributed by atoms with Crippen molar-refractivity contribution in [2.24, 2.45) is 11.0 Å². The number of nitrogens with one attached hydrogen (secondary N) is 1. The van der Waals surface area contributed by atoms with Gasteiger partial charge < -0.3 is 16.4 Å². The molecule has 0 saturated heterocycles. The molecule has 122 valence electrons. The number of nitrogens with zero attached hydrogens (tertiary/aromatic N) is 4. The summed E-state index contributed by atoms with van der Waals surface area (Å²) in [6.07, 6.45) is 3.40. The Labute approximate surface area is 179 Å². The number of rotatable bonds is 12. The van der Waals surface area contributed by atoms with E-state index in [1.165, 1.54) is 5.01 Å². The van der Waals surface area contributed by atoms with Crippen LogP contribution >= 0.6 is 0 Å². The van der Waals surface area contributed by atoms with Gasteiger partial charge in [0.15, 0.2) is 0 Å². The van der Waals surface area contributed by atoms with Crippen molar-refractivity contribution >= 4 is 5.91 Å². The molecule has 1 amide bonds. The monoisotopic (exact) mass is 346 g/mol. The van der Waals surface area contributed by atoms with Gasteiger partial charge in [-0.15, -0.1) is 18.0 Å². The number of aromatic nitrogens is 1. The summed E-state index contributed by atoms with van der Waals surface area (Å²) in [5.74, 6) is -0.169. The van der Waals surface area contributed by atoms with Crippen LogP contribution < -0.4 is 62.4 Å². The summed E-state index contributed by atoms with van der Waals surface area (Å²) in [6.45, 7) is 2.80. The van der Waals surface area contributed by atoms with Crippen molar-refractivity contribution < 1.29 is 56.2 Å². The first-order chi connectivity index (χ1) is 10.8. The van der Waals surface area contributed by atoms with E-state index in [2.05, 4.69) is 20.9 Å². The van der Waals surface area contributed by atoms with E-state index in [-0.39, 0.29) is 63.8 Å². The summed E-state index contributed by atoms with van der Waals surface area (Å²) in [5.41, 5.74) is 5.98. The van der Waals surface area contributed by atoms with Gasteiger partial charge >= 0.3 is 51.4 Å². The predicted molar refractivity (Wildman–Crippen MR) is 84.8 cm³/mol. The minimum Gasteiger partial charge on any atom is -0.661 e. The number of nitrogens with two attached hydrogens (primary N) is 1. The molecule has 0 aliphatic heterocycles. The first-order valence-electron chi connectivity index (χ1n) is 7.34. The van der Waals surface area contributed by atoms with Gasteiger partial charge in [0.25, 0.3) is 0 Å². The van der Waals surface area contributed by atoms with Crippen molar-refractivity contribution in [1.82, 2.24) is 15.3 Å². The Morgan fingerprint density at radius 2 is 2.17 bits per heavy atom. The van der Waals surface area contributed by atoms with Gasteiger partial charge in [0.2, 0.25) is 5.91 Å². The zero-order valence-corrected chi connectivity index (χ0v) is 16.8. The summed E-state index contributed by atoms with van der Waals surface area (Å²) in [4.78, 5) is 25.8. The van der Waals surface area contributed by atoms with E-state index < -0.39 is 0 Å². The fourth-order valence-corrected chi connectivity index (χ4v) is 1.80. The van der Waals surface area contributed by atoms with E-state index in [1.54, 1.807) is 6.20 Å². The molecule has 0 saturated carbocycles. The molecule has 9 heteroatoms. The molecule has 1 rings (SSSR count). The molecule has 3 N–H and O–H groups in total. The van der Waals surface area contributed by atoms with Gasteiger partial charge in [-0.05, 0) is 25.1 Å². The summed E-state index contributed by atoms with van der Waals surface area (Å²) < 4.78 is 0. The van der Waals surface area contributed by atoms with E-state index >= 15 is 0 Å². The predicted octanol–water partition coefficient (Wildman–Crippen LogP) is -2.20. The summed E-state index contributed by atoms with van der Waals surface area (Å²) in [6, 6.07) is 5.58. The van der Waals surface area contributed by atoms with Gasteiger partial charge in [0.05, 0.1) is 24.1 Å². The van der Waals surface area contributed by atoms with E-state index in [4.69, 9.17) is 5.73 Å². The van der Waals surface area contributed by atoms with Crippen molar-refractivity contribution in [3.63, 3.8) is 0 Å². The Kier molecular flexibility index (Phi) is 14.8. The molecule has 23 heavy (non-hydrogen) atoms. The average molecular weight is 346 g/mol. The van der Waals surface area contributed by atoms with Crippen molar-refractivity contribution in [1.29, 1.82) is 0 Å². The number of carbonyl (C=O) groups is 1. The van der Waals surface area contributed by atoms with E-state index in [0.29, 0.717) is 32.7 Å². The van der Waals surface area contributed by atoms with Gasteiger partial charge in [-0.1, -0.05) is 12.5 Å².